The van der Waals surface area contributed by atoms with Gasteiger partial charge in [-0.25, -0.2) is 9.38 Å². The summed E-state index contributed by atoms with van der Waals surface area (Å²) in [7, 11) is -1.84. The fourth-order valence-electron chi connectivity index (χ4n) is 8.72. The van der Waals surface area contributed by atoms with Crippen LogP contribution in [0.3, 0.4) is 0 Å². The van der Waals surface area contributed by atoms with Gasteiger partial charge in [-0.2, -0.15) is 5.10 Å². The van der Waals surface area contributed by atoms with Crippen molar-refractivity contribution in [1.29, 1.82) is 0 Å². The average molecular weight is 745 g/mol. The highest BCUT2D eigenvalue weighted by Gasteiger charge is 2.50. The number of anilines is 1. The van der Waals surface area contributed by atoms with Crippen molar-refractivity contribution in [3.05, 3.63) is 154 Å². The van der Waals surface area contributed by atoms with Crippen molar-refractivity contribution in [3.63, 3.8) is 0 Å². The maximum absolute atomic E-state index is 14.7. The van der Waals surface area contributed by atoms with Crippen LogP contribution in [0.2, 0.25) is 5.02 Å². The second-order valence-electron chi connectivity index (χ2n) is 14.3. The van der Waals surface area contributed by atoms with Crippen LogP contribution in [-0.4, -0.2) is 80.7 Å². The molecule has 4 aliphatic heterocycles. The molecule has 0 aliphatic carbocycles. The molecule has 4 aromatic carbocycles. The summed E-state index contributed by atoms with van der Waals surface area (Å²) in [4.78, 5) is 8.98. The van der Waals surface area contributed by atoms with Crippen LogP contribution in [-0.2, 0) is 16.8 Å². The minimum atomic E-state index is -1.84. The van der Waals surface area contributed by atoms with E-state index in [1.54, 1.807) is 6.20 Å². The number of amidine groups is 1. The fourth-order valence-corrected chi connectivity index (χ4v) is 9.04. The number of fused-ring (bicyclic) bond motifs is 1. The molecule has 0 bridgehead atoms. The Kier molecular flexibility index (Phi) is 8.93. The van der Waals surface area contributed by atoms with E-state index in [-0.39, 0.29) is 36.3 Å². The van der Waals surface area contributed by atoms with Crippen LogP contribution in [0, 0.1) is 0 Å². The molecule has 3 N–H and O–H groups in total. The molecule has 2 fully saturated rings. The third-order valence-electron chi connectivity index (χ3n) is 11.1. The minimum absolute atomic E-state index is 0.0846. The van der Waals surface area contributed by atoms with Crippen LogP contribution in [0.1, 0.15) is 47.2 Å². The van der Waals surface area contributed by atoms with Crippen molar-refractivity contribution in [1.82, 2.24) is 19.6 Å². The van der Waals surface area contributed by atoms with E-state index in [0.29, 0.717) is 35.8 Å². The summed E-state index contributed by atoms with van der Waals surface area (Å²) in [5.74, 6) is 1.03. The first-order valence-electron chi connectivity index (χ1n) is 18.3. The lowest BCUT2D eigenvalue weighted by molar-refractivity contribution is 0.0270. The van der Waals surface area contributed by atoms with E-state index in [0.717, 1.165) is 41.8 Å². The maximum Gasteiger partial charge on any atom is 0.490 e. The highest BCUT2D eigenvalue weighted by molar-refractivity contribution is 6.63. The van der Waals surface area contributed by atoms with Crippen molar-refractivity contribution >= 4 is 35.7 Å². The van der Waals surface area contributed by atoms with E-state index < -0.39 is 24.4 Å². The number of alkyl halides is 1. The second-order valence-corrected chi connectivity index (χ2v) is 14.7. The zero-order valence-corrected chi connectivity index (χ0v) is 30.2. The molecule has 274 valence electrons. The average Bonchev–Trinajstić information content (AvgIpc) is 3.87. The summed E-state index contributed by atoms with van der Waals surface area (Å²) in [5, 5.41) is 29.1. The molecule has 0 spiro atoms. The van der Waals surface area contributed by atoms with Crippen molar-refractivity contribution in [2.24, 2.45) is 4.99 Å². The topological polar surface area (TPSA) is 108 Å². The number of benzene rings is 4. The van der Waals surface area contributed by atoms with Crippen molar-refractivity contribution in [2.45, 2.75) is 43.1 Å². The van der Waals surface area contributed by atoms with Gasteiger partial charge in [0.1, 0.15) is 36.6 Å². The quantitative estimate of drug-likeness (QED) is 0.128. The van der Waals surface area contributed by atoms with E-state index in [1.165, 1.54) is 6.07 Å². The van der Waals surface area contributed by atoms with E-state index >= 15 is 0 Å². The number of nitrogens with zero attached hydrogens (tertiary/aromatic N) is 5. The highest BCUT2D eigenvalue weighted by atomic mass is 35.5. The first-order valence-corrected chi connectivity index (χ1v) is 18.6. The van der Waals surface area contributed by atoms with Crippen LogP contribution >= 0.6 is 11.6 Å². The molecule has 54 heavy (non-hydrogen) atoms. The normalized spacial score (nSPS) is 20.6. The Balaban J connectivity index is 1.14. The van der Waals surface area contributed by atoms with Gasteiger partial charge in [-0.3, -0.25) is 9.58 Å². The van der Waals surface area contributed by atoms with E-state index in [2.05, 4.69) is 46.6 Å². The van der Waals surface area contributed by atoms with Gasteiger partial charge in [0, 0.05) is 24.6 Å². The summed E-state index contributed by atoms with van der Waals surface area (Å²) in [5.41, 5.74) is 3.81. The molecule has 0 unspecified atom stereocenters. The molecule has 0 amide bonds. The van der Waals surface area contributed by atoms with Crippen LogP contribution < -0.4 is 15.5 Å². The predicted molar refractivity (Wildman–Crippen MR) is 206 cm³/mol. The predicted octanol–water partition coefficient (Wildman–Crippen LogP) is 5.47. The zero-order valence-electron chi connectivity index (χ0n) is 29.5. The molecule has 5 heterocycles. The Morgan fingerprint density at radius 2 is 1.65 bits per heavy atom. The molecule has 1 aromatic heterocycles. The maximum atomic E-state index is 14.7. The van der Waals surface area contributed by atoms with Gasteiger partial charge >= 0.3 is 13.1 Å². The Morgan fingerprint density at radius 3 is 2.30 bits per heavy atom. The van der Waals surface area contributed by atoms with Gasteiger partial charge in [0.2, 0.25) is 0 Å². The number of halogens is 2. The molecule has 10 nitrogen and oxygen atoms in total. The van der Waals surface area contributed by atoms with Gasteiger partial charge < -0.3 is 29.7 Å². The first-order chi connectivity index (χ1) is 26.4. The number of ether oxygens (including phenoxy) is 2. The lowest BCUT2D eigenvalue weighted by Crippen LogP contribution is -2.42. The number of aromatic nitrogens is 2. The summed E-state index contributed by atoms with van der Waals surface area (Å²) in [6.45, 7) is 1.95. The molecule has 9 rings (SSSR count). The Morgan fingerprint density at radius 1 is 0.981 bits per heavy atom. The smallest absolute Gasteiger partial charge is 0.462 e. The van der Waals surface area contributed by atoms with Gasteiger partial charge in [-0.05, 0) is 48.2 Å². The lowest BCUT2D eigenvalue weighted by atomic mass is 9.77. The van der Waals surface area contributed by atoms with Gasteiger partial charge in [-0.1, -0.05) is 103 Å². The van der Waals surface area contributed by atoms with Gasteiger partial charge in [0.25, 0.3) is 0 Å². The van der Waals surface area contributed by atoms with Crippen LogP contribution in [0.15, 0.2) is 126 Å². The molecule has 5 aromatic rings. The minimum Gasteiger partial charge on any atom is -0.462 e. The van der Waals surface area contributed by atoms with Crippen LogP contribution in [0.5, 0.6) is 5.75 Å². The van der Waals surface area contributed by atoms with E-state index in [9.17, 15) is 14.4 Å². The molecular weight excluding hydrogens is 706 g/mol. The molecule has 2 saturated heterocycles. The van der Waals surface area contributed by atoms with E-state index in [1.807, 2.05) is 76.4 Å². The third kappa shape index (κ3) is 5.85. The Labute approximate surface area is 318 Å². The molecule has 0 radical (unpaired) electrons. The van der Waals surface area contributed by atoms with Gasteiger partial charge in [0.05, 0.1) is 40.3 Å². The summed E-state index contributed by atoms with van der Waals surface area (Å²) >= 11 is 6.77. The van der Waals surface area contributed by atoms with Crippen molar-refractivity contribution in [3.8, 4) is 5.75 Å². The highest BCUT2D eigenvalue weighted by Crippen LogP contribution is 2.43. The van der Waals surface area contributed by atoms with Gasteiger partial charge in [-0.15, -0.1) is 0 Å². The number of hydrogen-bond acceptors (Lipinski definition) is 9. The monoisotopic (exact) mass is 744 g/mol. The molecule has 13 heteroatoms. The lowest BCUT2D eigenvalue weighted by Gasteiger charge is -2.36. The van der Waals surface area contributed by atoms with Crippen molar-refractivity contribution in [2.75, 3.05) is 31.7 Å². The SMILES string of the molecule is OB(O)c1cc2c3c(c1Cl)NCN=C3N(Cc1ccn(C(c3ccccc3)(c3ccccc3)c3ccccc3)n1)C=C(OC[C@@]13CCCN1C[C@H](F)C3)O2. The largest absolute Gasteiger partial charge is 0.490 e. The van der Waals surface area contributed by atoms with Crippen LogP contribution in [0.25, 0.3) is 0 Å². The third-order valence-corrected chi connectivity index (χ3v) is 11.5. The summed E-state index contributed by atoms with van der Waals surface area (Å²) in [6.07, 6.45) is 5.08. The molecule has 4 aliphatic rings. The molecular formula is C41H39BClFN6O4. The number of nitrogens with one attached hydrogen (secondary N) is 1. The van der Waals surface area contributed by atoms with Crippen LogP contribution in [0.4, 0.5) is 10.1 Å². The Hall–Kier alpha value is -5.14. The standard InChI is InChI=1S/C41H39BClFN6O4/c43-37-33(42(51)52)21-34-36-38(37)45-27-46-39(36)48(25-35(54-34)53-26-40-18-10-19-49(40)23-31(44)22-40)24-32-17-20-50(47-32)41(28-11-4-1-5-12-28,29-13-6-2-7-14-29)30-15-8-3-9-16-30/h1-9,11-17,20-21,25,31,45,51-52H,10,18-19,22-24,26-27H2/t31-,40+/m1/s1. The Bertz CT molecular complexity index is 2130. The van der Waals surface area contributed by atoms with Crippen molar-refractivity contribution < 1.29 is 23.9 Å². The number of hydrogen-bond donors (Lipinski definition) is 3. The zero-order chi connectivity index (χ0) is 36.9. The second kappa shape index (κ2) is 13.9. The van der Waals surface area contributed by atoms with Gasteiger partial charge in [0.15, 0.2) is 0 Å². The first kappa shape index (κ1) is 34.6. The molecule has 0 saturated carbocycles. The molecule has 2 atom stereocenters. The summed E-state index contributed by atoms with van der Waals surface area (Å²) in [6, 6.07) is 34.6. The summed E-state index contributed by atoms with van der Waals surface area (Å²) < 4.78 is 29.6. The number of rotatable bonds is 10. The van der Waals surface area contributed by atoms with E-state index in [4.69, 9.17) is 31.2 Å². The number of aliphatic imine (C=N–C) groups is 1. The fraction of sp³-hybridized carbons (Fsp3) is 0.268.